The fourth-order valence-electron chi connectivity index (χ4n) is 2.64. The molecule has 0 saturated heterocycles. The van der Waals surface area contributed by atoms with E-state index in [0.29, 0.717) is 4.90 Å². The zero-order valence-corrected chi connectivity index (χ0v) is 20.4. The summed E-state index contributed by atoms with van der Waals surface area (Å²) < 4.78 is 49.5. The lowest BCUT2D eigenvalue weighted by Gasteiger charge is -2.30. The first kappa shape index (κ1) is 26.3. The molecule has 1 N–H and O–H groups in total. The van der Waals surface area contributed by atoms with E-state index in [2.05, 4.69) is 9.08 Å². The Bertz CT molecular complexity index is 955. The van der Waals surface area contributed by atoms with Gasteiger partial charge in [-0.05, 0) is 45.7 Å². The van der Waals surface area contributed by atoms with Crippen molar-refractivity contribution in [3.05, 3.63) is 41.8 Å². The first-order valence-corrected chi connectivity index (χ1v) is 12.9. The van der Waals surface area contributed by atoms with Gasteiger partial charge in [-0.2, -0.15) is 4.72 Å². The highest BCUT2D eigenvalue weighted by molar-refractivity contribution is 7.96. The van der Waals surface area contributed by atoms with Gasteiger partial charge in [0.1, 0.15) is 6.04 Å². The lowest BCUT2D eigenvalue weighted by atomic mass is 9.89. The second kappa shape index (κ2) is 10.5. The molecule has 7 nitrogen and oxygen atoms in total. The molecule has 1 unspecified atom stereocenters. The molecule has 0 heterocycles. The van der Waals surface area contributed by atoms with E-state index in [1.165, 1.54) is 12.5 Å². The molecule has 0 saturated carbocycles. The summed E-state index contributed by atoms with van der Waals surface area (Å²) in [5, 5.41) is 1.46. The fourth-order valence-corrected chi connectivity index (χ4v) is 5.01. The molecule has 170 valence electrons. The van der Waals surface area contributed by atoms with Crippen molar-refractivity contribution < 1.29 is 22.2 Å². The Labute approximate surface area is 181 Å². The smallest absolute Gasteiger partial charge is 0.324 e. The van der Waals surface area contributed by atoms with E-state index in [4.69, 9.17) is 4.74 Å². The van der Waals surface area contributed by atoms with Gasteiger partial charge in [-0.15, -0.1) is 0 Å². The highest BCUT2D eigenvalue weighted by Gasteiger charge is 2.38. The van der Waals surface area contributed by atoms with Crippen LogP contribution in [0.1, 0.15) is 41.5 Å². The SMILES string of the molecule is CCOC(=O)[C@@H](NS(=O)(=O)C(C)(C)C)[C@@H](/C=C/S(=O)(=NC)c1ccccc1)C(C)C. The number of benzene rings is 1. The Morgan fingerprint density at radius 1 is 1.17 bits per heavy atom. The summed E-state index contributed by atoms with van der Waals surface area (Å²) in [5.41, 5.74) is 0. The largest absolute Gasteiger partial charge is 0.465 e. The molecule has 9 heteroatoms. The number of nitrogens with zero attached hydrogens (tertiary/aromatic N) is 1. The first-order valence-electron chi connectivity index (χ1n) is 9.86. The molecule has 0 radical (unpaired) electrons. The molecule has 1 rings (SSSR count). The number of hydrogen-bond acceptors (Lipinski definition) is 6. The van der Waals surface area contributed by atoms with Gasteiger partial charge in [0.05, 0.1) is 26.0 Å². The Kier molecular flexibility index (Phi) is 9.25. The predicted molar refractivity (Wildman–Crippen MR) is 121 cm³/mol. The molecule has 0 aromatic heterocycles. The minimum Gasteiger partial charge on any atom is -0.465 e. The second-order valence-corrected chi connectivity index (χ2v) is 12.9. The van der Waals surface area contributed by atoms with E-state index in [1.54, 1.807) is 58.0 Å². The van der Waals surface area contributed by atoms with Gasteiger partial charge < -0.3 is 4.74 Å². The van der Waals surface area contributed by atoms with Gasteiger partial charge in [-0.25, -0.2) is 17.0 Å². The summed E-state index contributed by atoms with van der Waals surface area (Å²) in [6.45, 7) is 10.2. The Morgan fingerprint density at radius 2 is 1.73 bits per heavy atom. The third kappa shape index (κ3) is 6.65. The molecule has 0 aliphatic heterocycles. The molecule has 0 bridgehead atoms. The van der Waals surface area contributed by atoms with E-state index in [9.17, 15) is 17.4 Å². The third-order valence-electron chi connectivity index (χ3n) is 4.62. The van der Waals surface area contributed by atoms with Crippen LogP contribution in [0.4, 0.5) is 0 Å². The summed E-state index contributed by atoms with van der Waals surface area (Å²) in [7, 11) is -5.23. The van der Waals surface area contributed by atoms with E-state index in [0.717, 1.165) is 0 Å². The molecule has 0 aliphatic carbocycles. The second-order valence-electron chi connectivity index (χ2n) is 8.18. The average Bonchev–Trinajstić information content (AvgIpc) is 2.66. The lowest BCUT2D eigenvalue weighted by Crippen LogP contribution is -2.52. The summed E-state index contributed by atoms with van der Waals surface area (Å²) in [6, 6.07) is 7.64. The number of sulfonamides is 1. The number of nitrogens with one attached hydrogen (secondary N) is 1. The van der Waals surface area contributed by atoms with Gasteiger partial charge in [0.2, 0.25) is 10.0 Å². The van der Waals surface area contributed by atoms with Gasteiger partial charge in [0, 0.05) is 18.4 Å². The van der Waals surface area contributed by atoms with Crippen LogP contribution in [0.15, 0.2) is 51.1 Å². The van der Waals surface area contributed by atoms with E-state index < -0.39 is 42.4 Å². The number of carbonyl (C=O) groups excluding carboxylic acids is 1. The van der Waals surface area contributed by atoms with Crippen molar-refractivity contribution in [1.29, 1.82) is 0 Å². The van der Waals surface area contributed by atoms with Crippen LogP contribution in [-0.4, -0.2) is 43.0 Å². The van der Waals surface area contributed by atoms with Gasteiger partial charge in [0.15, 0.2) is 0 Å². The molecular formula is C21H34N2O5S2. The van der Waals surface area contributed by atoms with Crippen LogP contribution in [0.25, 0.3) is 0 Å². The fraction of sp³-hybridized carbons (Fsp3) is 0.571. The summed E-state index contributed by atoms with van der Waals surface area (Å²) in [4.78, 5) is 13.2. The monoisotopic (exact) mass is 458 g/mol. The predicted octanol–water partition coefficient (Wildman–Crippen LogP) is 3.58. The van der Waals surface area contributed by atoms with Crippen LogP contribution in [0.3, 0.4) is 0 Å². The van der Waals surface area contributed by atoms with Crippen LogP contribution in [0.2, 0.25) is 0 Å². The Morgan fingerprint density at radius 3 is 2.17 bits per heavy atom. The van der Waals surface area contributed by atoms with Crippen LogP contribution in [-0.2, 0) is 29.3 Å². The zero-order valence-electron chi connectivity index (χ0n) is 18.8. The molecule has 1 aromatic rings. The lowest BCUT2D eigenvalue weighted by molar-refractivity contribution is -0.146. The van der Waals surface area contributed by atoms with Gasteiger partial charge >= 0.3 is 5.97 Å². The minimum atomic E-state index is -3.83. The molecule has 1 aromatic carbocycles. The highest BCUT2D eigenvalue weighted by atomic mass is 32.2. The number of rotatable bonds is 9. The van der Waals surface area contributed by atoms with E-state index in [-0.39, 0.29) is 12.5 Å². The van der Waals surface area contributed by atoms with Crippen molar-refractivity contribution in [3.63, 3.8) is 0 Å². The standard InChI is InChI=1S/C21H34N2O5S2/c1-8-28-20(24)19(23-30(26,27)21(4,5)6)18(16(2)3)14-15-29(25,22-7)17-12-10-9-11-13-17/h9-16,18-19,23H,8H2,1-7H3/b15-14+/t18-,19-,29?/m0/s1. The third-order valence-corrected chi connectivity index (χ3v) is 8.81. The van der Waals surface area contributed by atoms with Crippen LogP contribution in [0.5, 0.6) is 0 Å². The zero-order chi connectivity index (χ0) is 23.2. The Hall–Kier alpha value is -1.71. The normalized spacial score (nSPS) is 16.8. The summed E-state index contributed by atoms with van der Waals surface area (Å²) in [5.74, 6) is -1.41. The first-order chi connectivity index (χ1) is 13.8. The van der Waals surface area contributed by atoms with Crippen molar-refractivity contribution in [2.24, 2.45) is 16.2 Å². The van der Waals surface area contributed by atoms with Gasteiger partial charge in [-0.3, -0.25) is 4.79 Å². The van der Waals surface area contributed by atoms with Crippen molar-refractivity contribution in [3.8, 4) is 0 Å². The molecule has 0 aliphatic rings. The maximum absolute atomic E-state index is 13.3. The van der Waals surface area contributed by atoms with Crippen molar-refractivity contribution in [2.75, 3.05) is 13.7 Å². The summed E-state index contributed by atoms with van der Waals surface area (Å²) >= 11 is 0. The van der Waals surface area contributed by atoms with Crippen molar-refractivity contribution >= 4 is 25.7 Å². The summed E-state index contributed by atoms with van der Waals surface area (Å²) in [6.07, 6.45) is 1.61. The number of hydrogen-bond donors (Lipinski definition) is 1. The van der Waals surface area contributed by atoms with E-state index in [1.807, 2.05) is 19.9 Å². The number of carbonyl (C=O) groups is 1. The maximum Gasteiger partial charge on any atom is 0.324 e. The number of esters is 1. The molecule has 30 heavy (non-hydrogen) atoms. The maximum atomic E-state index is 13.3. The van der Waals surface area contributed by atoms with Gasteiger partial charge in [0.25, 0.3) is 0 Å². The van der Waals surface area contributed by atoms with Crippen molar-refractivity contribution in [1.82, 2.24) is 4.72 Å². The Balaban J connectivity index is 3.44. The molecular weight excluding hydrogens is 424 g/mol. The van der Waals surface area contributed by atoms with Crippen LogP contribution < -0.4 is 4.72 Å². The highest BCUT2D eigenvalue weighted by Crippen LogP contribution is 2.24. The van der Waals surface area contributed by atoms with Crippen LogP contribution >= 0.6 is 0 Å². The average molecular weight is 459 g/mol. The van der Waals surface area contributed by atoms with Gasteiger partial charge in [-0.1, -0.05) is 38.1 Å². The molecule has 0 spiro atoms. The molecule has 0 fully saturated rings. The molecule has 0 amide bonds. The number of ether oxygens (including phenoxy) is 1. The van der Waals surface area contributed by atoms with E-state index >= 15 is 0 Å². The van der Waals surface area contributed by atoms with Crippen LogP contribution in [0, 0.1) is 11.8 Å². The topological polar surface area (TPSA) is 102 Å². The minimum absolute atomic E-state index is 0.117. The van der Waals surface area contributed by atoms with Crippen molar-refractivity contribution in [2.45, 2.75) is 57.2 Å². The molecule has 3 atom stereocenters. The quantitative estimate of drug-likeness (QED) is 0.570.